The minimum Gasteiger partial charge on any atom is -0.456 e. The molecular weight excluding hydrogens is 328 g/mol. The van der Waals surface area contributed by atoms with Crippen molar-refractivity contribution in [3.05, 3.63) is 58.1 Å². The Bertz CT molecular complexity index is 576. The molecule has 2 aromatic carbocycles. The number of halogens is 1. The average molecular weight is 349 g/mol. The van der Waals surface area contributed by atoms with Crippen LogP contribution in [0.3, 0.4) is 0 Å². The second kappa shape index (κ2) is 7.62. The quantitative estimate of drug-likeness (QED) is 0.732. The van der Waals surface area contributed by atoms with Gasteiger partial charge in [-0.1, -0.05) is 31.5 Å². The van der Waals surface area contributed by atoms with Gasteiger partial charge in [0, 0.05) is 0 Å². The van der Waals surface area contributed by atoms with Crippen LogP contribution in [0.5, 0.6) is 11.5 Å². The highest BCUT2D eigenvalue weighted by atomic mass is 79.9. The van der Waals surface area contributed by atoms with Gasteiger partial charge in [-0.2, -0.15) is 0 Å². The fraction of sp³-hybridized carbons (Fsp3) is 0.333. The van der Waals surface area contributed by atoms with E-state index in [0.29, 0.717) is 0 Å². The molecule has 1 atom stereocenters. The number of benzene rings is 2. The maximum Gasteiger partial charge on any atom is 0.141 e. The Morgan fingerprint density at radius 1 is 1.14 bits per heavy atom. The molecule has 0 heterocycles. The number of unbranched alkanes of at least 4 members (excludes halogenated alkanes) is 1. The molecule has 0 saturated carbocycles. The van der Waals surface area contributed by atoms with E-state index in [1.54, 1.807) is 6.92 Å². The fourth-order valence-electron chi connectivity index (χ4n) is 2.09. The van der Waals surface area contributed by atoms with E-state index in [-0.39, 0.29) is 0 Å². The normalized spacial score (nSPS) is 12.2. The van der Waals surface area contributed by atoms with Gasteiger partial charge in [-0.25, -0.2) is 0 Å². The first-order valence-corrected chi connectivity index (χ1v) is 8.13. The Labute approximate surface area is 134 Å². The lowest BCUT2D eigenvalue weighted by molar-refractivity contribution is 0.199. The van der Waals surface area contributed by atoms with Crippen LogP contribution in [0.4, 0.5) is 0 Å². The lowest BCUT2D eigenvalue weighted by atomic mass is 10.1. The Morgan fingerprint density at radius 2 is 1.86 bits per heavy atom. The van der Waals surface area contributed by atoms with Gasteiger partial charge < -0.3 is 9.84 Å². The molecule has 1 N–H and O–H groups in total. The number of ether oxygens (including phenoxy) is 1. The van der Waals surface area contributed by atoms with Crippen molar-refractivity contribution in [2.24, 2.45) is 0 Å². The Morgan fingerprint density at radius 3 is 2.43 bits per heavy atom. The molecular formula is C18H21BrO2. The van der Waals surface area contributed by atoms with Crippen molar-refractivity contribution in [3.63, 3.8) is 0 Å². The number of rotatable bonds is 6. The lowest BCUT2D eigenvalue weighted by Gasteiger charge is -2.11. The highest BCUT2D eigenvalue weighted by molar-refractivity contribution is 9.10. The van der Waals surface area contributed by atoms with Gasteiger partial charge in [0.1, 0.15) is 11.5 Å². The highest BCUT2D eigenvalue weighted by Gasteiger charge is 2.07. The molecule has 21 heavy (non-hydrogen) atoms. The first kappa shape index (κ1) is 16.1. The van der Waals surface area contributed by atoms with Crippen LogP contribution in [0.25, 0.3) is 0 Å². The van der Waals surface area contributed by atoms with Gasteiger partial charge in [0.25, 0.3) is 0 Å². The summed E-state index contributed by atoms with van der Waals surface area (Å²) in [4.78, 5) is 0. The van der Waals surface area contributed by atoms with Crippen LogP contribution in [0.1, 0.15) is 43.9 Å². The minimum absolute atomic E-state index is 0.479. The van der Waals surface area contributed by atoms with Crippen molar-refractivity contribution in [2.75, 3.05) is 0 Å². The summed E-state index contributed by atoms with van der Waals surface area (Å²) in [5.74, 6) is 1.57. The van der Waals surface area contributed by atoms with E-state index in [4.69, 9.17) is 4.74 Å². The molecule has 3 heteroatoms. The van der Waals surface area contributed by atoms with Crippen LogP contribution >= 0.6 is 15.9 Å². The molecule has 0 aliphatic carbocycles. The highest BCUT2D eigenvalue weighted by Crippen LogP contribution is 2.32. The van der Waals surface area contributed by atoms with Gasteiger partial charge in [-0.3, -0.25) is 0 Å². The summed E-state index contributed by atoms with van der Waals surface area (Å²) in [5.41, 5.74) is 2.21. The zero-order chi connectivity index (χ0) is 15.2. The van der Waals surface area contributed by atoms with Crippen LogP contribution in [-0.2, 0) is 6.42 Å². The smallest absolute Gasteiger partial charge is 0.141 e. The van der Waals surface area contributed by atoms with Crippen molar-refractivity contribution in [1.82, 2.24) is 0 Å². The minimum atomic E-state index is -0.479. The summed E-state index contributed by atoms with van der Waals surface area (Å²) < 4.78 is 6.72. The van der Waals surface area contributed by atoms with Crippen LogP contribution in [0.2, 0.25) is 0 Å². The van der Waals surface area contributed by atoms with Crippen molar-refractivity contribution >= 4 is 15.9 Å². The van der Waals surface area contributed by atoms with E-state index >= 15 is 0 Å². The fourth-order valence-corrected chi connectivity index (χ4v) is 2.57. The number of hydrogen-bond donors (Lipinski definition) is 1. The predicted molar refractivity (Wildman–Crippen MR) is 89.9 cm³/mol. The third kappa shape index (κ3) is 4.58. The maximum absolute atomic E-state index is 9.57. The first-order chi connectivity index (χ1) is 10.1. The van der Waals surface area contributed by atoms with Crippen LogP contribution < -0.4 is 4.74 Å². The standard InChI is InChI=1S/C18H21BrO2/c1-3-4-5-14-6-9-16(10-7-14)21-18-11-8-15(13(2)20)12-17(18)19/h6-13,20H,3-5H2,1-2H3/t13-/m1/s1. The molecule has 112 valence electrons. The number of hydrogen-bond acceptors (Lipinski definition) is 2. The molecule has 2 rings (SSSR count). The summed E-state index contributed by atoms with van der Waals surface area (Å²) >= 11 is 3.49. The Hall–Kier alpha value is -1.32. The van der Waals surface area contributed by atoms with Crippen LogP contribution in [-0.4, -0.2) is 5.11 Å². The molecule has 0 bridgehead atoms. The second-order valence-electron chi connectivity index (χ2n) is 5.22. The third-order valence-corrected chi connectivity index (χ3v) is 4.03. The van der Waals surface area contributed by atoms with E-state index < -0.39 is 6.10 Å². The maximum atomic E-state index is 9.57. The predicted octanol–water partition coefficient (Wildman–Crippen LogP) is 5.64. The molecule has 0 fully saturated rings. The summed E-state index contributed by atoms with van der Waals surface area (Å²) in [6.45, 7) is 3.95. The summed E-state index contributed by atoms with van der Waals surface area (Å²) in [5, 5.41) is 9.57. The zero-order valence-electron chi connectivity index (χ0n) is 12.5. The van der Waals surface area contributed by atoms with Gasteiger partial charge in [-0.15, -0.1) is 0 Å². The second-order valence-corrected chi connectivity index (χ2v) is 6.07. The topological polar surface area (TPSA) is 29.5 Å². The van der Waals surface area contributed by atoms with Crippen molar-refractivity contribution in [1.29, 1.82) is 0 Å². The largest absolute Gasteiger partial charge is 0.456 e. The van der Waals surface area contributed by atoms with Crippen molar-refractivity contribution < 1.29 is 9.84 Å². The zero-order valence-corrected chi connectivity index (χ0v) is 14.1. The van der Waals surface area contributed by atoms with Gasteiger partial charge in [0.15, 0.2) is 0 Å². The van der Waals surface area contributed by atoms with Gasteiger partial charge in [0.05, 0.1) is 10.6 Å². The van der Waals surface area contributed by atoms with Gasteiger partial charge in [0.2, 0.25) is 0 Å². The third-order valence-electron chi connectivity index (χ3n) is 3.41. The number of aryl methyl sites for hydroxylation is 1. The molecule has 0 aliphatic rings. The molecule has 0 aliphatic heterocycles. The molecule has 0 spiro atoms. The van der Waals surface area contributed by atoms with Gasteiger partial charge in [-0.05, 0) is 71.1 Å². The monoisotopic (exact) mass is 348 g/mol. The summed E-state index contributed by atoms with van der Waals surface area (Å²) in [7, 11) is 0. The average Bonchev–Trinajstić information content (AvgIpc) is 2.48. The Balaban J connectivity index is 2.07. The van der Waals surface area contributed by atoms with E-state index in [2.05, 4.69) is 35.0 Å². The van der Waals surface area contributed by atoms with Crippen molar-refractivity contribution in [2.45, 2.75) is 39.2 Å². The van der Waals surface area contributed by atoms with Crippen molar-refractivity contribution in [3.8, 4) is 11.5 Å². The van der Waals surface area contributed by atoms with Gasteiger partial charge >= 0.3 is 0 Å². The molecule has 0 unspecified atom stereocenters. The van der Waals surface area contributed by atoms with Crippen LogP contribution in [0, 0.1) is 0 Å². The molecule has 2 nitrogen and oxygen atoms in total. The Kier molecular flexibility index (Phi) is 5.83. The summed E-state index contributed by atoms with van der Waals surface area (Å²) in [6.07, 6.45) is 3.06. The van der Waals surface area contributed by atoms with E-state index in [1.807, 2.05) is 30.3 Å². The van der Waals surface area contributed by atoms with Crippen LogP contribution in [0.15, 0.2) is 46.9 Å². The molecule has 0 aromatic heterocycles. The molecule has 0 amide bonds. The SMILES string of the molecule is CCCCc1ccc(Oc2ccc([C@@H](C)O)cc2Br)cc1. The number of aliphatic hydroxyl groups is 1. The van der Waals surface area contributed by atoms with E-state index in [0.717, 1.165) is 28.0 Å². The first-order valence-electron chi connectivity index (χ1n) is 7.34. The molecule has 0 radical (unpaired) electrons. The lowest BCUT2D eigenvalue weighted by Crippen LogP contribution is -1.92. The van der Waals surface area contributed by atoms with E-state index in [9.17, 15) is 5.11 Å². The van der Waals surface area contributed by atoms with E-state index in [1.165, 1.54) is 18.4 Å². The summed E-state index contributed by atoms with van der Waals surface area (Å²) in [6, 6.07) is 13.9. The molecule has 2 aromatic rings. The molecule has 0 saturated heterocycles. The number of aliphatic hydroxyl groups excluding tert-OH is 1.